The highest BCUT2D eigenvalue weighted by atomic mass is 79.9. The second-order valence-corrected chi connectivity index (χ2v) is 8.49. The fourth-order valence-electron chi connectivity index (χ4n) is 4.02. The molecule has 6 nitrogen and oxygen atoms in total. The van der Waals surface area contributed by atoms with Gasteiger partial charge in [0.15, 0.2) is 0 Å². The van der Waals surface area contributed by atoms with Crippen molar-refractivity contribution in [3.8, 4) is 11.3 Å². The van der Waals surface area contributed by atoms with Crippen molar-refractivity contribution in [1.29, 1.82) is 0 Å². The Morgan fingerprint density at radius 2 is 1.93 bits per heavy atom. The van der Waals surface area contributed by atoms with Crippen LogP contribution in [0.3, 0.4) is 0 Å². The van der Waals surface area contributed by atoms with E-state index in [0.717, 1.165) is 65.6 Å². The summed E-state index contributed by atoms with van der Waals surface area (Å²) in [5, 5.41) is 17.9. The Balaban J connectivity index is 1.30. The third-order valence-corrected chi connectivity index (χ3v) is 6.04. The molecule has 0 atom stereocenters. The zero-order chi connectivity index (χ0) is 20.9. The van der Waals surface area contributed by atoms with E-state index in [9.17, 15) is 9.90 Å². The summed E-state index contributed by atoms with van der Waals surface area (Å²) in [5.74, 6) is -0.899. The normalized spacial score (nSPS) is 12.4. The first-order valence-electron chi connectivity index (χ1n) is 10.3. The topological polar surface area (TPSA) is 80.0 Å². The number of aromatic nitrogens is 3. The van der Waals surface area contributed by atoms with Crippen LogP contribution in [-0.2, 0) is 25.8 Å². The summed E-state index contributed by atoms with van der Waals surface area (Å²) in [7, 11) is 0. The third kappa shape index (κ3) is 4.63. The summed E-state index contributed by atoms with van der Waals surface area (Å²) in [6.07, 6.45) is 8.06. The minimum Gasteiger partial charge on any atom is -0.477 e. The van der Waals surface area contributed by atoms with Crippen molar-refractivity contribution < 1.29 is 9.90 Å². The molecule has 2 N–H and O–H groups in total. The van der Waals surface area contributed by atoms with E-state index in [2.05, 4.69) is 55.6 Å². The first kappa shape index (κ1) is 20.8. The van der Waals surface area contributed by atoms with Gasteiger partial charge in [-0.3, -0.25) is 9.67 Å². The van der Waals surface area contributed by atoms with Gasteiger partial charge >= 0.3 is 5.97 Å². The van der Waals surface area contributed by atoms with Crippen molar-refractivity contribution in [1.82, 2.24) is 20.1 Å². The molecule has 0 spiro atoms. The Labute approximate surface area is 184 Å². The molecule has 3 aromatic rings. The van der Waals surface area contributed by atoms with E-state index in [1.165, 1.54) is 5.56 Å². The van der Waals surface area contributed by atoms with Gasteiger partial charge in [-0.2, -0.15) is 5.10 Å². The van der Waals surface area contributed by atoms with Gasteiger partial charge in [-0.25, -0.2) is 4.79 Å². The second-order valence-electron chi connectivity index (χ2n) is 7.57. The maximum Gasteiger partial charge on any atom is 0.354 e. The largest absolute Gasteiger partial charge is 0.477 e. The lowest BCUT2D eigenvalue weighted by Gasteiger charge is -2.14. The average Bonchev–Trinajstić information content (AvgIpc) is 3.13. The van der Waals surface area contributed by atoms with Gasteiger partial charge in [-0.1, -0.05) is 28.1 Å². The second kappa shape index (κ2) is 9.53. The van der Waals surface area contributed by atoms with Crippen LogP contribution >= 0.6 is 15.9 Å². The number of aromatic carboxylic acids is 1. The number of pyridine rings is 1. The molecule has 156 valence electrons. The Bertz CT molecular complexity index is 1030. The fourth-order valence-corrected chi connectivity index (χ4v) is 4.28. The molecule has 0 fully saturated rings. The van der Waals surface area contributed by atoms with Gasteiger partial charge in [0.2, 0.25) is 0 Å². The first-order valence-corrected chi connectivity index (χ1v) is 11.1. The van der Waals surface area contributed by atoms with Crippen LogP contribution in [0.25, 0.3) is 11.3 Å². The Morgan fingerprint density at radius 3 is 2.73 bits per heavy atom. The van der Waals surface area contributed by atoms with Gasteiger partial charge in [-0.05, 0) is 74.5 Å². The summed E-state index contributed by atoms with van der Waals surface area (Å²) < 4.78 is 2.78. The monoisotopic (exact) mass is 468 g/mol. The molecule has 0 radical (unpaired) electrons. The van der Waals surface area contributed by atoms with E-state index in [-0.39, 0.29) is 0 Å². The third-order valence-electron chi connectivity index (χ3n) is 5.51. The summed E-state index contributed by atoms with van der Waals surface area (Å²) in [6.45, 7) is 2.37. The highest BCUT2D eigenvalue weighted by molar-refractivity contribution is 9.10. The smallest absolute Gasteiger partial charge is 0.354 e. The maximum absolute atomic E-state index is 11.9. The van der Waals surface area contributed by atoms with Crippen molar-refractivity contribution in [2.45, 2.75) is 38.6 Å². The van der Waals surface area contributed by atoms with Crippen LogP contribution in [0.5, 0.6) is 0 Å². The summed E-state index contributed by atoms with van der Waals surface area (Å²) in [5.41, 5.74) is 5.48. The molecule has 30 heavy (non-hydrogen) atoms. The van der Waals surface area contributed by atoms with Crippen molar-refractivity contribution in [2.24, 2.45) is 0 Å². The van der Waals surface area contributed by atoms with E-state index in [0.29, 0.717) is 18.7 Å². The molecule has 0 saturated heterocycles. The average molecular weight is 469 g/mol. The van der Waals surface area contributed by atoms with Crippen LogP contribution in [0.1, 0.15) is 40.0 Å². The molecular weight excluding hydrogens is 444 g/mol. The van der Waals surface area contributed by atoms with Gasteiger partial charge < -0.3 is 10.4 Å². The zero-order valence-corrected chi connectivity index (χ0v) is 18.4. The number of fused-ring (bicyclic) bond motifs is 3. The predicted molar refractivity (Wildman–Crippen MR) is 120 cm³/mol. The quantitative estimate of drug-likeness (QED) is 0.461. The lowest BCUT2D eigenvalue weighted by Crippen LogP contribution is -2.20. The summed E-state index contributed by atoms with van der Waals surface area (Å²) in [4.78, 5) is 16.1. The molecule has 1 aromatic carbocycles. The van der Waals surface area contributed by atoms with E-state index in [4.69, 9.17) is 0 Å². The van der Waals surface area contributed by atoms with E-state index in [1.807, 2.05) is 12.3 Å². The van der Waals surface area contributed by atoms with Gasteiger partial charge in [0.25, 0.3) is 0 Å². The number of nitrogens with one attached hydrogen (secondary N) is 1. The Kier molecular flexibility index (Phi) is 6.59. The summed E-state index contributed by atoms with van der Waals surface area (Å²) >= 11 is 3.46. The van der Waals surface area contributed by atoms with Gasteiger partial charge in [-0.15, -0.1) is 0 Å². The molecule has 0 amide bonds. The molecular formula is C23H25BrN4O2. The van der Waals surface area contributed by atoms with Crippen molar-refractivity contribution >= 4 is 21.9 Å². The number of nitrogens with zero attached hydrogens (tertiary/aromatic N) is 3. The standard InChI is InChI=1S/C23H25BrN4O2/c24-18-7-4-16(5-8-18)3-1-11-25-12-2-14-28-22(23(29)30)20-9-6-17-15-26-13-10-19(17)21(20)27-28/h4-5,7-8,10,13,15,25H,1-3,6,9,11-12,14H2,(H,29,30). The number of aryl methyl sites for hydroxylation is 3. The number of carboxylic acid groups (broad SMARTS) is 1. The molecule has 7 heteroatoms. The predicted octanol–water partition coefficient (Wildman–Crippen LogP) is 4.12. The van der Waals surface area contributed by atoms with E-state index in [1.54, 1.807) is 10.9 Å². The highest BCUT2D eigenvalue weighted by Crippen LogP contribution is 2.34. The SMILES string of the molecule is O=C(O)c1c2c(nn1CCCNCCCc1ccc(Br)cc1)-c1ccncc1CC2. The van der Waals surface area contributed by atoms with Crippen LogP contribution in [0.15, 0.2) is 47.2 Å². The number of carbonyl (C=O) groups is 1. The van der Waals surface area contributed by atoms with Crippen LogP contribution in [0.2, 0.25) is 0 Å². The first-order chi connectivity index (χ1) is 14.6. The van der Waals surface area contributed by atoms with Gasteiger partial charge in [0.05, 0.1) is 5.69 Å². The number of rotatable bonds is 9. The van der Waals surface area contributed by atoms with Gasteiger partial charge in [0.1, 0.15) is 5.69 Å². The molecule has 2 heterocycles. The van der Waals surface area contributed by atoms with Crippen molar-refractivity contribution in [3.05, 3.63) is 69.6 Å². The van der Waals surface area contributed by atoms with Crippen LogP contribution < -0.4 is 5.32 Å². The lowest BCUT2D eigenvalue weighted by molar-refractivity contribution is 0.0681. The van der Waals surface area contributed by atoms with Crippen molar-refractivity contribution in [2.75, 3.05) is 13.1 Å². The molecule has 1 aliphatic carbocycles. The minimum absolute atomic E-state index is 0.336. The fraction of sp³-hybridized carbons (Fsp3) is 0.348. The Morgan fingerprint density at radius 1 is 1.13 bits per heavy atom. The number of hydrogen-bond donors (Lipinski definition) is 2. The highest BCUT2D eigenvalue weighted by Gasteiger charge is 2.27. The number of carboxylic acids is 1. The Hall–Kier alpha value is -2.51. The number of hydrogen-bond acceptors (Lipinski definition) is 4. The van der Waals surface area contributed by atoms with Crippen molar-refractivity contribution in [3.63, 3.8) is 0 Å². The molecule has 0 bridgehead atoms. The molecule has 1 aliphatic rings. The van der Waals surface area contributed by atoms with Crippen LogP contribution in [-0.4, -0.2) is 38.9 Å². The number of benzene rings is 1. The summed E-state index contributed by atoms with van der Waals surface area (Å²) in [6, 6.07) is 10.4. The lowest BCUT2D eigenvalue weighted by atomic mass is 9.90. The zero-order valence-electron chi connectivity index (χ0n) is 16.8. The maximum atomic E-state index is 11.9. The molecule has 0 unspecified atom stereocenters. The minimum atomic E-state index is -0.899. The molecule has 0 aliphatic heterocycles. The van der Waals surface area contributed by atoms with E-state index >= 15 is 0 Å². The molecule has 4 rings (SSSR count). The van der Waals surface area contributed by atoms with Crippen LogP contribution in [0, 0.1) is 0 Å². The molecule has 2 aromatic heterocycles. The molecule has 0 saturated carbocycles. The number of halogens is 1. The van der Waals surface area contributed by atoms with Gasteiger partial charge in [0, 0.05) is 34.5 Å². The van der Waals surface area contributed by atoms with E-state index < -0.39 is 5.97 Å². The van der Waals surface area contributed by atoms with Crippen LogP contribution in [0.4, 0.5) is 0 Å².